The van der Waals surface area contributed by atoms with Gasteiger partial charge in [-0.15, -0.1) is 16.4 Å². The molecule has 0 unspecified atom stereocenters. The highest BCUT2D eigenvalue weighted by molar-refractivity contribution is 7.15. The van der Waals surface area contributed by atoms with E-state index >= 15 is 0 Å². The molecule has 7 nitrogen and oxygen atoms in total. The summed E-state index contributed by atoms with van der Waals surface area (Å²) in [5, 5.41) is 10.6. The van der Waals surface area contributed by atoms with Gasteiger partial charge in [-0.2, -0.15) is 36.4 Å². The first-order valence-electron chi connectivity index (χ1n) is 8.69. The second-order valence-electron chi connectivity index (χ2n) is 6.28. The van der Waals surface area contributed by atoms with Crippen LogP contribution in [0.15, 0.2) is 53.4 Å². The monoisotopic (exact) mass is 472 g/mol. The molecule has 4 heterocycles. The summed E-state index contributed by atoms with van der Waals surface area (Å²) in [6, 6.07) is 7.10. The summed E-state index contributed by atoms with van der Waals surface area (Å²) in [6.07, 6.45) is -5.85. The normalized spacial score (nSPS) is 12.2. The van der Waals surface area contributed by atoms with Crippen LogP contribution in [-0.4, -0.2) is 25.3 Å². The van der Waals surface area contributed by atoms with Gasteiger partial charge in [-0.25, -0.2) is 0 Å². The van der Waals surface area contributed by atoms with E-state index in [0.717, 1.165) is 17.4 Å². The Kier molecular flexibility index (Phi) is 5.54. The molecule has 0 N–H and O–H groups in total. The van der Waals surface area contributed by atoms with Crippen molar-refractivity contribution in [3.05, 3.63) is 65.3 Å². The van der Waals surface area contributed by atoms with E-state index < -0.39 is 23.8 Å². The second-order valence-corrected chi connectivity index (χ2v) is 7.45. The van der Waals surface area contributed by atoms with E-state index in [4.69, 9.17) is 0 Å². The number of alkyl halides is 6. The Hall–Kier alpha value is -3.55. The van der Waals surface area contributed by atoms with E-state index in [2.05, 4.69) is 29.8 Å². The van der Waals surface area contributed by atoms with Gasteiger partial charge in [0.2, 0.25) is 5.82 Å². The maximum atomic E-state index is 13.1. The van der Waals surface area contributed by atoms with Gasteiger partial charge in [-0.3, -0.25) is 4.98 Å². The van der Waals surface area contributed by atoms with Crippen molar-refractivity contribution in [2.45, 2.75) is 18.9 Å². The summed E-state index contributed by atoms with van der Waals surface area (Å²) in [7, 11) is 0. The molecule has 0 fully saturated rings. The molecule has 4 aromatic heterocycles. The predicted molar refractivity (Wildman–Crippen MR) is 99.7 cm³/mol. The maximum Gasteiger partial charge on any atom is 0.471 e. The third-order valence-electron chi connectivity index (χ3n) is 4.08. The van der Waals surface area contributed by atoms with Crippen LogP contribution in [0.1, 0.15) is 16.3 Å². The Morgan fingerprint density at radius 1 is 0.969 bits per heavy atom. The highest BCUT2D eigenvalue weighted by Crippen LogP contribution is 2.35. The van der Waals surface area contributed by atoms with Crippen LogP contribution in [-0.2, 0) is 18.9 Å². The lowest BCUT2D eigenvalue weighted by molar-refractivity contribution is -0.159. The molecule has 0 bridgehead atoms. The van der Waals surface area contributed by atoms with Crippen LogP contribution >= 0.6 is 11.3 Å². The van der Waals surface area contributed by atoms with Gasteiger partial charge in [-0.1, -0.05) is 5.16 Å². The zero-order chi connectivity index (χ0) is 22.9. The van der Waals surface area contributed by atoms with E-state index in [1.54, 1.807) is 18.2 Å². The molecule has 0 atom stereocenters. The van der Waals surface area contributed by atoms with Crippen LogP contribution in [0.4, 0.5) is 37.8 Å². The van der Waals surface area contributed by atoms with Crippen molar-refractivity contribution in [3.8, 4) is 10.7 Å². The van der Waals surface area contributed by atoms with Crippen molar-refractivity contribution >= 4 is 22.8 Å². The molecule has 0 radical (unpaired) electrons. The molecule has 166 valence electrons. The summed E-state index contributed by atoms with van der Waals surface area (Å²) in [4.78, 5) is 9.59. The number of halogens is 6. The van der Waals surface area contributed by atoms with Crippen molar-refractivity contribution in [3.63, 3.8) is 0 Å². The second kappa shape index (κ2) is 8.18. The molecule has 0 saturated carbocycles. The molecular weight excluding hydrogens is 462 g/mol. The molecule has 0 aromatic carbocycles. The SMILES string of the molecule is FC(F)(F)c1cnnc(N(Cc2ccc(-c3noc(C(F)(F)F)n3)s2)c2ccncc2)c1. The van der Waals surface area contributed by atoms with E-state index in [9.17, 15) is 26.3 Å². The van der Waals surface area contributed by atoms with Gasteiger partial charge in [0.05, 0.1) is 23.2 Å². The maximum absolute atomic E-state index is 13.1. The minimum Gasteiger partial charge on any atom is -0.329 e. The van der Waals surface area contributed by atoms with Crippen molar-refractivity contribution in [1.29, 1.82) is 0 Å². The first-order valence-corrected chi connectivity index (χ1v) is 9.50. The molecule has 0 amide bonds. The largest absolute Gasteiger partial charge is 0.471 e. The quantitative estimate of drug-likeness (QED) is 0.362. The van der Waals surface area contributed by atoms with Crippen LogP contribution in [0.3, 0.4) is 0 Å². The van der Waals surface area contributed by atoms with Crippen LogP contribution in [0.5, 0.6) is 0 Å². The topological polar surface area (TPSA) is 80.8 Å². The zero-order valence-electron chi connectivity index (χ0n) is 15.6. The fourth-order valence-electron chi connectivity index (χ4n) is 2.65. The van der Waals surface area contributed by atoms with Crippen LogP contribution < -0.4 is 4.90 Å². The summed E-state index contributed by atoms with van der Waals surface area (Å²) in [6.45, 7) is 0.0502. The van der Waals surface area contributed by atoms with Crippen molar-refractivity contribution in [1.82, 2.24) is 25.3 Å². The third-order valence-corrected chi connectivity index (χ3v) is 5.15. The number of rotatable bonds is 5. The van der Waals surface area contributed by atoms with Crippen molar-refractivity contribution < 1.29 is 30.9 Å². The first kappa shape index (κ1) is 21.7. The van der Waals surface area contributed by atoms with Gasteiger partial charge in [-0.05, 0) is 30.3 Å². The molecule has 0 aliphatic heterocycles. The molecule has 0 saturated heterocycles. The third kappa shape index (κ3) is 4.69. The van der Waals surface area contributed by atoms with E-state index in [1.165, 1.54) is 23.4 Å². The Morgan fingerprint density at radius 3 is 2.38 bits per heavy atom. The summed E-state index contributed by atoms with van der Waals surface area (Å²) >= 11 is 1.06. The number of nitrogens with zero attached hydrogens (tertiary/aromatic N) is 6. The summed E-state index contributed by atoms with van der Waals surface area (Å²) < 4.78 is 81.7. The standard InChI is InChI=1S/C18H10F6N6OS/c19-17(20,21)10-7-14(28-26-8-10)30(11-3-5-25-6-4-11)9-12-1-2-13(32-12)15-27-16(31-29-15)18(22,23)24/h1-8H,9H2. The molecule has 14 heteroatoms. The molecule has 0 spiro atoms. The van der Waals surface area contributed by atoms with Gasteiger partial charge in [0.25, 0.3) is 0 Å². The molecule has 32 heavy (non-hydrogen) atoms. The minimum atomic E-state index is -4.77. The lowest BCUT2D eigenvalue weighted by atomic mass is 10.2. The number of hydrogen-bond acceptors (Lipinski definition) is 8. The van der Waals surface area contributed by atoms with Crippen LogP contribution in [0.25, 0.3) is 10.7 Å². The number of pyridine rings is 1. The van der Waals surface area contributed by atoms with Crippen LogP contribution in [0, 0.1) is 0 Å². The average Bonchev–Trinajstić information content (AvgIpc) is 3.41. The Labute approximate surface area is 179 Å². The minimum absolute atomic E-state index is 0.0502. The van der Waals surface area contributed by atoms with Gasteiger partial charge < -0.3 is 9.42 Å². The molecular formula is C18H10F6N6OS. The number of anilines is 2. The first-order chi connectivity index (χ1) is 15.1. The van der Waals surface area contributed by atoms with Gasteiger partial charge >= 0.3 is 18.2 Å². The highest BCUT2D eigenvalue weighted by atomic mass is 32.1. The lowest BCUT2D eigenvalue weighted by Crippen LogP contribution is -2.19. The lowest BCUT2D eigenvalue weighted by Gasteiger charge is -2.23. The van der Waals surface area contributed by atoms with E-state index in [1.807, 2.05) is 0 Å². The van der Waals surface area contributed by atoms with E-state index in [0.29, 0.717) is 21.6 Å². The molecule has 0 aliphatic carbocycles. The van der Waals surface area contributed by atoms with E-state index in [-0.39, 0.29) is 18.2 Å². The van der Waals surface area contributed by atoms with Crippen molar-refractivity contribution in [2.75, 3.05) is 4.90 Å². The predicted octanol–water partition coefficient (Wildman–Crippen LogP) is 5.36. The Bertz CT molecular complexity index is 1210. The zero-order valence-corrected chi connectivity index (χ0v) is 16.4. The fraction of sp³-hybridized carbons (Fsp3) is 0.167. The van der Waals surface area contributed by atoms with Crippen LogP contribution in [0.2, 0.25) is 0 Å². The molecule has 4 aromatic rings. The number of aromatic nitrogens is 5. The van der Waals surface area contributed by atoms with Gasteiger partial charge in [0.1, 0.15) is 0 Å². The van der Waals surface area contributed by atoms with Gasteiger partial charge in [0.15, 0.2) is 5.82 Å². The Morgan fingerprint density at radius 2 is 1.72 bits per heavy atom. The highest BCUT2D eigenvalue weighted by Gasteiger charge is 2.38. The summed E-state index contributed by atoms with van der Waals surface area (Å²) in [5.41, 5.74) is -0.484. The Balaban J connectivity index is 1.66. The number of hydrogen-bond donors (Lipinski definition) is 0. The number of thiophene rings is 1. The van der Waals surface area contributed by atoms with Gasteiger partial charge in [0, 0.05) is 23.0 Å². The summed E-state index contributed by atoms with van der Waals surface area (Å²) in [5.74, 6) is -1.79. The fourth-order valence-corrected chi connectivity index (χ4v) is 3.57. The average molecular weight is 472 g/mol. The molecule has 4 rings (SSSR count). The van der Waals surface area contributed by atoms with Crippen molar-refractivity contribution in [2.24, 2.45) is 0 Å². The smallest absolute Gasteiger partial charge is 0.329 e. The molecule has 0 aliphatic rings.